The van der Waals surface area contributed by atoms with Gasteiger partial charge in [0.05, 0.1) is 6.61 Å². The first-order valence-electron chi connectivity index (χ1n) is 5.70. The van der Waals surface area contributed by atoms with Gasteiger partial charge in [-0.25, -0.2) is 5.48 Å². The molecule has 94 valence electrons. The van der Waals surface area contributed by atoms with Crippen LogP contribution < -0.4 is 10.4 Å². The van der Waals surface area contributed by atoms with Gasteiger partial charge < -0.3 is 4.90 Å². The number of nitrogens with one attached hydrogen (secondary N) is 1. The van der Waals surface area contributed by atoms with Gasteiger partial charge in [0.2, 0.25) is 0 Å². The molecule has 1 N–H and O–H groups in total. The lowest BCUT2D eigenvalue weighted by molar-refractivity contribution is 0.0208. The van der Waals surface area contributed by atoms with Crippen LogP contribution in [0.25, 0.3) is 0 Å². The number of nitrogens with zero attached hydrogens (tertiary/aromatic N) is 1. The standard InChI is InChI=1S/C13H20N2O2/c1-10(2)9-17-14-13(16)11-5-7-12(8-6-11)15(3)4/h5-8,10H,9H2,1-4H3,(H,14,16). The van der Waals surface area contributed by atoms with Gasteiger partial charge in [0.15, 0.2) is 0 Å². The molecule has 1 aromatic rings. The highest BCUT2D eigenvalue weighted by Gasteiger charge is 2.06. The number of carbonyl (C=O) groups is 1. The van der Waals surface area contributed by atoms with E-state index in [1.807, 2.05) is 45.0 Å². The molecule has 1 amide bonds. The summed E-state index contributed by atoms with van der Waals surface area (Å²) in [4.78, 5) is 18.7. The molecule has 1 rings (SSSR count). The van der Waals surface area contributed by atoms with Crippen LogP contribution in [0.3, 0.4) is 0 Å². The van der Waals surface area contributed by atoms with Crippen LogP contribution in [-0.4, -0.2) is 26.6 Å². The highest BCUT2D eigenvalue weighted by atomic mass is 16.6. The third-order valence-corrected chi connectivity index (χ3v) is 2.23. The van der Waals surface area contributed by atoms with E-state index in [9.17, 15) is 4.79 Å². The Morgan fingerprint density at radius 2 is 1.88 bits per heavy atom. The Morgan fingerprint density at radius 3 is 2.35 bits per heavy atom. The molecule has 0 aromatic heterocycles. The van der Waals surface area contributed by atoms with Gasteiger partial charge in [-0.2, -0.15) is 0 Å². The second-order valence-corrected chi connectivity index (χ2v) is 4.58. The van der Waals surface area contributed by atoms with E-state index in [1.54, 1.807) is 12.1 Å². The normalized spacial score (nSPS) is 10.4. The molecule has 1 aromatic carbocycles. The Bertz CT molecular complexity index is 358. The van der Waals surface area contributed by atoms with E-state index in [0.29, 0.717) is 18.1 Å². The van der Waals surface area contributed by atoms with Crippen molar-refractivity contribution in [2.45, 2.75) is 13.8 Å². The maximum absolute atomic E-state index is 11.7. The lowest BCUT2D eigenvalue weighted by Gasteiger charge is -2.12. The molecule has 0 saturated heterocycles. The molecule has 0 fully saturated rings. The molecule has 4 nitrogen and oxygen atoms in total. The van der Waals surface area contributed by atoms with Crippen LogP contribution in [0.2, 0.25) is 0 Å². The summed E-state index contributed by atoms with van der Waals surface area (Å²) in [5.74, 6) is 0.183. The van der Waals surface area contributed by atoms with Crippen LogP contribution in [0.1, 0.15) is 24.2 Å². The van der Waals surface area contributed by atoms with E-state index in [2.05, 4.69) is 5.48 Å². The second kappa shape index (κ2) is 6.25. The van der Waals surface area contributed by atoms with E-state index >= 15 is 0 Å². The fourth-order valence-electron chi connectivity index (χ4n) is 1.24. The van der Waals surface area contributed by atoms with Crippen LogP contribution in [0.5, 0.6) is 0 Å². The summed E-state index contributed by atoms with van der Waals surface area (Å²) in [7, 11) is 3.92. The molecule has 0 spiro atoms. The minimum absolute atomic E-state index is 0.212. The van der Waals surface area contributed by atoms with Crippen molar-refractivity contribution in [3.05, 3.63) is 29.8 Å². The van der Waals surface area contributed by atoms with Crippen molar-refractivity contribution >= 4 is 11.6 Å². The molecule has 0 aliphatic heterocycles. The summed E-state index contributed by atoms with van der Waals surface area (Å²) in [6, 6.07) is 7.36. The summed E-state index contributed by atoms with van der Waals surface area (Å²) in [6.45, 7) is 4.57. The largest absolute Gasteiger partial charge is 0.378 e. The van der Waals surface area contributed by atoms with Crippen LogP contribution in [0.4, 0.5) is 5.69 Å². The minimum atomic E-state index is -0.212. The van der Waals surface area contributed by atoms with E-state index in [0.717, 1.165) is 5.69 Å². The molecule has 0 aliphatic rings. The number of amides is 1. The van der Waals surface area contributed by atoms with Crippen molar-refractivity contribution in [2.75, 3.05) is 25.6 Å². The number of carbonyl (C=O) groups excluding carboxylic acids is 1. The predicted molar refractivity (Wildman–Crippen MR) is 69.0 cm³/mol. The minimum Gasteiger partial charge on any atom is -0.378 e. The molecule has 0 saturated carbocycles. The van der Waals surface area contributed by atoms with Gasteiger partial charge in [-0.3, -0.25) is 9.63 Å². The second-order valence-electron chi connectivity index (χ2n) is 4.58. The number of hydrogen-bond acceptors (Lipinski definition) is 3. The van der Waals surface area contributed by atoms with Crippen LogP contribution in [0, 0.1) is 5.92 Å². The van der Waals surface area contributed by atoms with Crippen LogP contribution in [0.15, 0.2) is 24.3 Å². The molecule has 4 heteroatoms. The molecule has 17 heavy (non-hydrogen) atoms. The number of hydroxylamine groups is 1. The topological polar surface area (TPSA) is 41.6 Å². The first kappa shape index (κ1) is 13.5. The Kier molecular flexibility index (Phi) is 4.97. The van der Waals surface area contributed by atoms with Crippen LogP contribution in [-0.2, 0) is 4.84 Å². The average Bonchev–Trinajstić information content (AvgIpc) is 2.28. The first-order valence-corrected chi connectivity index (χ1v) is 5.70. The van der Waals surface area contributed by atoms with Gasteiger partial charge in [0.25, 0.3) is 5.91 Å². The van der Waals surface area contributed by atoms with E-state index < -0.39 is 0 Å². The summed E-state index contributed by atoms with van der Waals surface area (Å²) in [5.41, 5.74) is 4.08. The van der Waals surface area contributed by atoms with Crippen molar-refractivity contribution in [1.82, 2.24) is 5.48 Å². The fraction of sp³-hybridized carbons (Fsp3) is 0.462. The predicted octanol–water partition coefficient (Wildman–Crippen LogP) is 2.07. The number of benzene rings is 1. The zero-order valence-corrected chi connectivity index (χ0v) is 10.9. The lowest BCUT2D eigenvalue weighted by Crippen LogP contribution is -2.25. The number of rotatable bonds is 5. The molecular formula is C13H20N2O2. The maximum atomic E-state index is 11.7. The van der Waals surface area contributed by atoms with Crippen molar-refractivity contribution < 1.29 is 9.63 Å². The van der Waals surface area contributed by atoms with Gasteiger partial charge in [-0.1, -0.05) is 13.8 Å². The van der Waals surface area contributed by atoms with Crippen molar-refractivity contribution in [3.8, 4) is 0 Å². The molecule has 0 unspecified atom stereocenters. The summed E-state index contributed by atoms with van der Waals surface area (Å²) in [6.07, 6.45) is 0. The summed E-state index contributed by atoms with van der Waals surface area (Å²) < 4.78 is 0. The summed E-state index contributed by atoms with van der Waals surface area (Å²) >= 11 is 0. The molecule has 0 bridgehead atoms. The van der Waals surface area contributed by atoms with Gasteiger partial charge in [0.1, 0.15) is 0 Å². The number of anilines is 1. The Morgan fingerprint density at radius 1 is 1.29 bits per heavy atom. The third-order valence-electron chi connectivity index (χ3n) is 2.23. The third kappa shape index (κ3) is 4.44. The monoisotopic (exact) mass is 236 g/mol. The Balaban J connectivity index is 2.52. The van der Waals surface area contributed by atoms with Gasteiger partial charge in [0, 0.05) is 25.3 Å². The molecule has 0 heterocycles. The van der Waals surface area contributed by atoms with E-state index in [4.69, 9.17) is 4.84 Å². The van der Waals surface area contributed by atoms with E-state index in [-0.39, 0.29) is 5.91 Å². The van der Waals surface area contributed by atoms with Gasteiger partial charge in [-0.05, 0) is 30.2 Å². The smallest absolute Gasteiger partial charge is 0.274 e. The zero-order valence-electron chi connectivity index (χ0n) is 10.9. The average molecular weight is 236 g/mol. The molecule has 0 atom stereocenters. The molecule has 0 radical (unpaired) electrons. The van der Waals surface area contributed by atoms with Crippen molar-refractivity contribution in [3.63, 3.8) is 0 Å². The Hall–Kier alpha value is -1.55. The SMILES string of the molecule is CC(C)CONC(=O)c1ccc(N(C)C)cc1. The molecule has 0 aliphatic carbocycles. The quantitative estimate of drug-likeness (QED) is 0.796. The highest BCUT2D eigenvalue weighted by Crippen LogP contribution is 2.12. The van der Waals surface area contributed by atoms with Crippen molar-refractivity contribution in [1.29, 1.82) is 0 Å². The van der Waals surface area contributed by atoms with Crippen LogP contribution >= 0.6 is 0 Å². The lowest BCUT2D eigenvalue weighted by atomic mass is 10.2. The highest BCUT2D eigenvalue weighted by molar-refractivity contribution is 5.93. The Labute approximate surface area is 103 Å². The first-order chi connectivity index (χ1) is 8.00. The zero-order chi connectivity index (χ0) is 12.8. The summed E-state index contributed by atoms with van der Waals surface area (Å²) in [5, 5.41) is 0. The fourth-order valence-corrected chi connectivity index (χ4v) is 1.24. The maximum Gasteiger partial charge on any atom is 0.274 e. The van der Waals surface area contributed by atoms with Gasteiger partial charge >= 0.3 is 0 Å². The van der Waals surface area contributed by atoms with E-state index in [1.165, 1.54) is 0 Å². The van der Waals surface area contributed by atoms with Gasteiger partial charge in [-0.15, -0.1) is 0 Å². The van der Waals surface area contributed by atoms with Crippen molar-refractivity contribution in [2.24, 2.45) is 5.92 Å². The number of hydrogen-bond donors (Lipinski definition) is 1. The molecular weight excluding hydrogens is 216 g/mol.